The molecule has 21 heavy (non-hydrogen) atoms. The molecule has 0 saturated heterocycles. The van der Waals surface area contributed by atoms with E-state index in [-0.39, 0.29) is 30.3 Å². The maximum Gasteiger partial charge on any atom is 0.340 e. The molecule has 6 nitrogen and oxygen atoms in total. The van der Waals surface area contributed by atoms with Crippen molar-refractivity contribution in [3.05, 3.63) is 23.0 Å². The lowest BCUT2D eigenvalue weighted by Gasteiger charge is -2.26. The third kappa shape index (κ3) is 2.95. The molecule has 0 fully saturated rings. The number of ether oxygens (including phenoxy) is 2. The fourth-order valence-electron chi connectivity index (χ4n) is 2.77. The van der Waals surface area contributed by atoms with Gasteiger partial charge >= 0.3 is 11.9 Å². The van der Waals surface area contributed by atoms with E-state index in [1.54, 1.807) is 24.6 Å². The van der Waals surface area contributed by atoms with Crippen molar-refractivity contribution in [3.63, 3.8) is 0 Å². The van der Waals surface area contributed by atoms with E-state index >= 15 is 0 Å². The molecule has 1 aromatic heterocycles. The number of hydrogen-bond acceptors (Lipinski definition) is 5. The second kappa shape index (κ2) is 6.30. The van der Waals surface area contributed by atoms with Crippen LogP contribution in [0.2, 0.25) is 0 Å². The maximum atomic E-state index is 12.2. The molecule has 0 saturated carbocycles. The molecule has 0 spiro atoms. The predicted molar refractivity (Wildman–Crippen MR) is 75.1 cm³/mol. The Labute approximate surface area is 123 Å². The summed E-state index contributed by atoms with van der Waals surface area (Å²) in [5, 5.41) is 10.3. The van der Waals surface area contributed by atoms with Crippen molar-refractivity contribution in [3.8, 4) is 0 Å². The van der Waals surface area contributed by atoms with Crippen LogP contribution >= 0.6 is 0 Å². The van der Waals surface area contributed by atoms with Crippen LogP contribution in [-0.4, -0.2) is 34.8 Å². The highest BCUT2D eigenvalue weighted by molar-refractivity contribution is 6.04. The highest BCUT2D eigenvalue weighted by Crippen LogP contribution is 2.34. The van der Waals surface area contributed by atoms with E-state index in [0.717, 1.165) is 0 Å². The van der Waals surface area contributed by atoms with Gasteiger partial charge in [-0.25, -0.2) is 9.59 Å². The van der Waals surface area contributed by atoms with Crippen LogP contribution in [-0.2, 0) is 16.0 Å². The first-order valence-electron chi connectivity index (χ1n) is 7.24. The van der Waals surface area contributed by atoms with Crippen LogP contribution < -0.4 is 0 Å². The van der Waals surface area contributed by atoms with Gasteiger partial charge in [0.25, 0.3) is 0 Å². The molecule has 0 amide bonds. The monoisotopic (exact) mass is 295 g/mol. The second-order valence-electron chi connectivity index (χ2n) is 5.25. The van der Waals surface area contributed by atoms with Crippen LogP contribution in [0.4, 0.5) is 0 Å². The van der Waals surface area contributed by atoms with Crippen LogP contribution in [0, 0.1) is 5.92 Å². The molecule has 0 aromatic carbocycles. The minimum Gasteiger partial charge on any atom is -0.462 e. The quantitative estimate of drug-likeness (QED) is 0.859. The summed E-state index contributed by atoms with van der Waals surface area (Å²) in [5.74, 6) is -0.893. The molecular weight excluding hydrogens is 274 g/mol. The van der Waals surface area contributed by atoms with Gasteiger partial charge in [-0.3, -0.25) is 0 Å². The molecule has 1 N–H and O–H groups in total. The Balaban J connectivity index is 2.52. The number of rotatable bonds is 4. The molecule has 1 aliphatic heterocycles. The summed E-state index contributed by atoms with van der Waals surface area (Å²) < 4.78 is 11.8. The van der Waals surface area contributed by atoms with Gasteiger partial charge in [-0.2, -0.15) is 0 Å². The van der Waals surface area contributed by atoms with Crippen LogP contribution in [0.3, 0.4) is 0 Å². The third-order valence-corrected chi connectivity index (χ3v) is 3.54. The van der Waals surface area contributed by atoms with Gasteiger partial charge in [-0.1, -0.05) is 6.92 Å². The van der Waals surface area contributed by atoms with Crippen molar-refractivity contribution in [1.82, 2.24) is 4.57 Å². The van der Waals surface area contributed by atoms with Gasteiger partial charge in [0.1, 0.15) is 0 Å². The average molecular weight is 295 g/mol. The average Bonchev–Trinajstić information content (AvgIpc) is 2.78. The molecule has 116 valence electrons. The molecule has 6 heteroatoms. The number of esters is 2. The fourth-order valence-corrected chi connectivity index (χ4v) is 2.77. The van der Waals surface area contributed by atoms with Crippen LogP contribution in [0.25, 0.3) is 0 Å². The molecule has 0 radical (unpaired) electrons. The van der Waals surface area contributed by atoms with Gasteiger partial charge in [0, 0.05) is 12.7 Å². The standard InChI is InChI=1S/C15H21NO5/c1-4-20-14(18)10-8-16-7-9(3)6-11(17)13(16)12(10)15(19)21-5-2/h8-9,11,17H,4-7H2,1-3H3. The smallest absolute Gasteiger partial charge is 0.340 e. The first-order chi connectivity index (χ1) is 9.99. The van der Waals surface area contributed by atoms with E-state index in [2.05, 4.69) is 0 Å². The normalized spacial score (nSPS) is 20.8. The first-order valence-corrected chi connectivity index (χ1v) is 7.24. The SMILES string of the molecule is CCOC(=O)c1cn2c(c1C(=O)OCC)C(O)CC(C)C2. The van der Waals surface area contributed by atoms with Gasteiger partial charge in [-0.05, 0) is 26.2 Å². The lowest BCUT2D eigenvalue weighted by atomic mass is 9.95. The third-order valence-electron chi connectivity index (χ3n) is 3.54. The van der Waals surface area contributed by atoms with Crippen molar-refractivity contribution < 1.29 is 24.2 Å². The Morgan fingerprint density at radius 3 is 2.52 bits per heavy atom. The van der Waals surface area contributed by atoms with Crippen molar-refractivity contribution in [1.29, 1.82) is 0 Å². The molecule has 2 rings (SSSR count). The van der Waals surface area contributed by atoms with E-state index in [4.69, 9.17) is 9.47 Å². The van der Waals surface area contributed by atoms with Crippen molar-refractivity contribution >= 4 is 11.9 Å². The van der Waals surface area contributed by atoms with Crippen LogP contribution in [0.1, 0.15) is 59.7 Å². The van der Waals surface area contributed by atoms with Crippen LogP contribution in [0.5, 0.6) is 0 Å². The number of aromatic nitrogens is 1. The first kappa shape index (κ1) is 15.6. The lowest BCUT2D eigenvalue weighted by molar-refractivity contribution is 0.0472. The van der Waals surface area contributed by atoms with E-state index in [9.17, 15) is 14.7 Å². The summed E-state index contributed by atoms with van der Waals surface area (Å²) in [5.41, 5.74) is 0.753. The zero-order chi connectivity index (χ0) is 15.6. The minimum absolute atomic E-state index is 0.134. The van der Waals surface area contributed by atoms with Gasteiger partial charge in [0.05, 0.1) is 36.1 Å². The van der Waals surface area contributed by atoms with Gasteiger partial charge in [0.2, 0.25) is 0 Å². The molecule has 0 bridgehead atoms. The number of carbonyl (C=O) groups is 2. The number of carbonyl (C=O) groups excluding carboxylic acids is 2. The zero-order valence-electron chi connectivity index (χ0n) is 12.6. The van der Waals surface area contributed by atoms with E-state index in [0.29, 0.717) is 18.7 Å². The summed E-state index contributed by atoms with van der Waals surface area (Å²) in [6.45, 7) is 6.50. The molecule has 0 aliphatic carbocycles. The summed E-state index contributed by atoms with van der Waals surface area (Å²) in [6.07, 6.45) is 1.35. The van der Waals surface area contributed by atoms with E-state index < -0.39 is 18.0 Å². The van der Waals surface area contributed by atoms with Crippen molar-refractivity contribution in [2.45, 2.75) is 39.8 Å². The number of nitrogens with zero attached hydrogens (tertiary/aromatic N) is 1. The molecule has 2 unspecified atom stereocenters. The zero-order valence-corrected chi connectivity index (χ0v) is 12.6. The predicted octanol–water partition coefficient (Wildman–Crippen LogP) is 1.91. The van der Waals surface area contributed by atoms with Gasteiger partial charge in [0.15, 0.2) is 0 Å². The Bertz CT molecular complexity index is 549. The molecular formula is C15H21NO5. The number of aliphatic hydroxyl groups is 1. The molecule has 2 heterocycles. The number of hydrogen-bond donors (Lipinski definition) is 1. The van der Waals surface area contributed by atoms with Crippen LogP contribution in [0.15, 0.2) is 6.20 Å². The Morgan fingerprint density at radius 1 is 1.29 bits per heavy atom. The number of aliphatic hydroxyl groups excluding tert-OH is 1. The van der Waals surface area contributed by atoms with Crippen molar-refractivity contribution in [2.24, 2.45) is 5.92 Å². The Hall–Kier alpha value is -1.82. The minimum atomic E-state index is -0.781. The maximum absolute atomic E-state index is 12.2. The van der Waals surface area contributed by atoms with Gasteiger partial charge < -0.3 is 19.1 Å². The summed E-state index contributed by atoms with van der Waals surface area (Å²) >= 11 is 0. The summed E-state index contributed by atoms with van der Waals surface area (Å²) in [7, 11) is 0. The Kier molecular flexibility index (Phi) is 4.67. The van der Waals surface area contributed by atoms with E-state index in [1.807, 2.05) is 6.92 Å². The van der Waals surface area contributed by atoms with Gasteiger partial charge in [-0.15, -0.1) is 0 Å². The van der Waals surface area contributed by atoms with Crippen molar-refractivity contribution in [2.75, 3.05) is 13.2 Å². The molecule has 2 atom stereocenters. The summed E-state index contributed by atoms with van der Waals surface area (Å²) in [6, 6.07) is 0. The summed E-state index contributed by atoms with van der Waals surface area (Å²) in [4.78, 5) is 24.2. The van der Waals surface area contributed by atoms with E-state index in [1.165, 1.54) is 0 Å². The topological polar surface area (TPSA) is 77.8 Å². The lowest BCUT2D eigenvalue weighted by Crippen LogP contribution is -2.23. The number of fused-ring (bicyclic) bond motifs is 1. The molecule has 1 aliphatic rings. The highest BCUT2D eigenvalue weighted by Gasteiger charge is 2.34. The highest BCUT2D eigenvalue weighted by atomic mass is 16.5. The Morgan fingerprint density at radius 2 is 1.90 bits per heavy atom. The largest absolute Gasteiger partial charge is 0.462 e. The molecule has 1 aromatic rings. The second-order valence-corrected chi connectivity index (χ2v) is 5.25. The fraction of sp³-hybridized carbons (Fsp3) is 0.600.